The van der Waals surface area contributed by atoms with Crippen LogP contribution in [0.4, 0.5) is 11.5 Å². The van der Waals surface area contributed by atoms with Gasteiger partial charge in [0, 0.05) is 29.9 Å². The van der Waals surface area contributed by atoms with Gasteiger partial charge in [0.1, 0.15) is 5.82 Å². The number of hydrogen-bond donors (Lipinski definition) is 1. The number of hydrogen-bond acceptors (Lipinski definition) is 3. The second-order valence-electron chi connectivity index (χ2n) is 5.53. The molecule has 120 valence electrons. The van der Waals surface area contributed by atoms with Crippen molar-refractivity contribution in [3.05, 3.63) is 52.1 Å². The van der Waals surface area contributed by atoms with Crippen molar-refractivity contribution < 1.29 is 4.79 Å². The first-order valence-electron chi connectivity index (χ1n) is 7.61. The van der Waals surface area contributed by atoms with E-state index in [0.29, 0.717) is 21.3 Å². The minimum atomic E-state index is -0.213. The lowest BCUT2D eigenvalue weighted by Crippen LogP contribution is -2.30. The van der Waals surface area contributed by atoms with Crippen LogP contribution in [0.2, 0.25) is 10.0 Å². The fourth-order valence-electron chi connectivity index (χ4n) is 2.64. The van der Waals surface area contributed by atoms with Crippen LogP contribution in [0.3, 0.4) is 0 Å². The molecule has 0 atom stereocenters. The summed E-state index contributed by atoms with van der Waals surface area (Å²) >= 11 is 12.0. The molecule has 4 nitrogen and oxygen atoms in total. The molecule has 1 aromatic heterocycles. The Morgan fingerprint density at radius 1 is 1.09 bits per heavy atom. The molecule has 1 fully saturated rings. The first-order valence-corrected chi connectivity index (χ1v) is 8.36. The first kappa shape index (κ1) is 16.1. The quantitative estimate of drug-likeness (QED) is 0.878. The zero-order valence-corrected chi connectivity index (χ0v) is 14.1. The van der Waals surface area contributed by atoms with Crippen LogP contribution in [0.25, 0.3) is 0 Å². The van der Waals surface area contributed by atoms with Crippen LogP contribution in [0.1, 0.15) is 29.6 Å². The van der Waals surface area contributed by atoms with E-state index >= 15 is 0 Å². The molecule has 23 heavy (non-hydrogen) atoms. The highest BCUT2D eigenvalue weighted by molar-refractivity contribution is 6.36. The third kappa shape index (κ3) is 3.95. The van der Waals surface area contributed by atoms with E-state index in [1.807, 2.05) is 6.07 Å². The summed E-state index contributed by atoms with van der Waals surface area (Å²) in [5.41, 5.74) is 1.10. The number of carbonyl (C=O) groups excluding carboxylic acids is 1. The van der Waals surface area contributed by atoms with E-state index < -0.39 is 0 Å². The van der Waals surface area contributed by atoms with Crippen molar-refractivity contribution in [2.24, 2.45) is 0 Å². The minimum absolute atomic E-state index is 0.213. The monoisotopic (exact) mass is 349 g/mol. The molecular weight excluding hydrogens is 333 g/mol. The number of pyridine rings is 1. The summed E-state index contributed by atoms with van der Waals surface area (Å²) in [5, 5.41) is 3.75. The lowest BCUT2D eigenvalue weighted by Gasteiger charge is -2.27. The van der Waals surface area contributed by atoms with Crippen LogP contribution in [-0.2, 0) is 0 Å². The van der Waals surface area contributed by atoms with Crippen molar-refractivity contribution >= 4 is 40.6 Å². The van der Waals surface area contributed by atoms with Gasteiger partial charge >= 0.3 is 0 Å². The lowest BCUT2D eigenvalue weighted by atomic mass is 10.1. The summed E-state index contributed by atoms with van der Waals surface area (Å²) < 4.78 is 0. The second kappa shape index (κ2) is 7.20. The van der Waals surface area contributed by atoms with Crippen molar-refractivity contribution in [2.45, 2.75) is 19.3 Å². The number of piperidine rings is 1. The molecule has 0 radical (unpaired) electrons. The fraction of sp³-hybridized carbons (Fsp3) is 0.294. The highest BCUT2D eigenvalue weighted by atomic mass is 35.5. The number of halogens is 2. The summed E-state index contributed by atoms with van der Waals surface area (Å²) in [6, 6.07) is 8.51. The molecule has 0 spiro atoms. The molecule has 1 aromatic carbocycles. The van der Waals surface area contributed by atoms with Crippen molar-refractivity contribution in [1.29, 1.82) is 0 Å². The van der Waals surface area contributed by atoms with E-state index in [9.17, 15) is 4.79 Å². The van der Waals surface area contributed by atoms with Gasteiger partial charge in [-0.2, -0.15) is 0 Å². The van der Waals surface area contributed by atoms with Crippen molar-refractivity contribution in [2.75, 3.05) is 23.3 Å². The zero-order chi connectivity index (χ0) is 16.2. The summed E-state index contributed by atoms with van der Waals surface area (Å²) in [4.78, 5) is 19.0. The van der Waals surface area contributed by atoms with Crippen LogP contribution < -0.4 is 10.2 Å². The number of nitrogens with one attached hydrogen (secondary N) is 1. The molecule has 1 amide bonds. The van der Waals surface area contributed by atoms with Crippen LogP contribution >= 0.6 is 23.2 Å². The summed E-state index contributed by atoms with van der Waals surface area (Å²) in [5.74, 6) is 0.634. The third-order valence-corrected chi connectivity index (χ3v) is 4.41. The first-order chi connectivity index (χ1) is 11.1. The van der Waals surface area contributed by atoms with E-state index in [1.165, 1.54) is 19.3 Å². The normalized spacial score (nSPS) is 14.6. The van der Waals surface area contributed by atoms with E-state index in [-0.39, 0.29) is 5.91 Å². The van der Waals surface area contributed by atoms with Crippen LogP contribution in [0.15, 0.2) is 36.5 Å². The lowest BCUT2D eigenvalue weighted by molar-refractivity contribution is 0.102. The Balaban J connectivity index is 1.76. The number of rotatable bonds is 3. The second-order valence-corrected chi connectivity index (χ2v) is 6.37. The van der Waals surface area contributed by atoms with Gasteiger partial charge < -0.3 is 10.2 Å². The summed E-state index contributed by atoms with van der Waals surface area (Å²) in [6.07, 6.45) is 5.25. The highest BCUT2D eigenvalue weighted by Gasteiger charge is 2.15. The number of amides is 1. The van der Waals surface area contributed by atoms with Crippen LogP contribution in [-0.4, -0.2) is 24.0 Å². The smallest absolute Gasteiger partial charge is 0.255 e. The van der Waals surface area contributed by atoms with Crippen LogP contribution in [0.5, 0.6) is 0 Å². The number of benzene rings is 1. The summed E-state index contributed by atoms with van der Waals surface area (Å²) in [7, 11) is 0. The molecule has 0 unspecified atom stereocenters. The Morgan fingerprint density at radius 2 is 1.87 bits per heavy atom. The molecule has 0 saturated carbocycles. The molecular formula is C17H17Cl2N3O. The van der Waals surface area contributed by atoms with Crippen LogP contribution in [0, 0.1) is 0 Å². The summed E-state index contributed by atoms with van der Waals surface area (Å²) in [6.45, 7) is 1.97. The van der Waals surface area contributed by atoms with Gasteiger partial charge in [-0.25, -0.2) is 4.98 Å². The SMILES string of the molecule is O=C(Nc1ccc(Cl)cc1Cl)c1ccnc(N2CCCCC2)c1. The van der Waals surface area contributed by atoms with E-state index in [2.05, 4.69) is 15.2 Å². The van der Waals surface area contributed by atoms with Gasteiger partial charge in [0.15, 0.2) is 0 Å². The molecule has 3 rings (SSSR count). The minimum Gasteiger partial charge on any atom is -0.357 e. The average Bonchev–Trinajstić information content (AvgIpc) is 2.58. The molecule has 1 aliphatic rings. The zero-order valence-electron chi connectivity index (χ0n) is 12.6. The largest absolute Gasteiger partial charge is 0.357 e. The molecule has 6 heteroatoms. The Hall–Kier alpha value is -1.78. The van der Waals surface area contributed by atoms with E-state index in [0.717, 1.165) is 18.9 Å². The Morgan fingerprint density at radius 3 is 2.61 bits per heavy atom. The highest BCUT2D eigenvalue weighted by Crippen LogP contribution is 2.26. The number of anilines is 2. The molecule has 1 N–H and O–H groups in total. The third-order valence-electron chi connectivity index (χ3n) is 3.87. The molecule has 2 aromatic rings. The number of aromatic nitrogens is 1. The predicted molar refractivity (Wildman–Crippen MR) is 94.7 cm³/mol. The number of carbonyl (C=O) groups is 1. The maximum Gasteiger partial charge on any atom is 0.255 e. The molecule has 0 bridgehead atoms. The Labute approximate surface area is 145 Å². The maximum atomic E-state index is 12.4. The van der Waals surface area contributed by atoms with Gasteiger partial charge in [0.25, 0.3) is 5.91 Å². The van der Waals surface area contributed by atoms with Crippen molar-refractivity contribution in [3.8, 4) is 0 Å². The van der Waals surface area contributed by atoms with Gasteiger partial charge in [-0.15, -0.1) is 0 Å². The average molecular weight is 350 g/mol. The standard InChI is InChI=1S/C17H17Cl2N3O/c18-13-4-5-15(14(19)11-13)21-17(23)12-6-7-20-16(10-12)22-8-2-1-3-9-22/h4-7,10-11H,1-3,8-9H2,(H,21,23). The number of nitrogens with zero attached hydrogens (tertiary/aromatic N) is 2. The topological polar surface area (TPSA) is 45.2 Å². The molecule has 0 aliphatic carbocycles. The van der Waals surface area contributed by atoms with Gasteiger partial charge in [0.2, 0.25) is 0 Å². The maximum absolute atomic E-state index is 12.4. The van der Waals surface area contributed by atoms with E-state index in [1.54, 1.807) is 30.5 Å². The molecule has 1 aliphatic heterocycles. The Bertz CT molecular complexity index is 715. The fourth-order valence-corrected chi connectivity index (χ4v) is 3.10. The molecule has 2 heterocycles. The molecule has 1 saturated heterocycles. The van der Waals surface area contributed by atoms with E-state index in [4.69, 9.17) is 23.2 Å². The van der Waals surface area contributed by atoms with Crippen molar-refractivity contribution in [1.82, 2.24) is 4.98 Å². The van der Waals surface area contributed by atoms with Gasteiger partial charge in [0.05, 0.1) is 10.7 Å². The predicted octanol–water partition coefficient (Wildman–Crippen LogP) is 4.63. The van der Waals surface area contributed by atoms with Crippen molar-refractivity contribution in [3.63, 3.8) is 0 Å². The van der Waals surface area contributed by atoms with Gasteiger partial charge in [-0.05, 0) is 49.6 Å². The van der Waals surface area contributed by atoms with Gasteiger partial charge in [-0.1, -0.05) is 23.2 Å². The van der Waals surface area contributed by atoms with Gasteiger partial charge in [-0.3, -0.25) is 4.79 Å². The Kier molecular flexibility index (Phi) is 5.03.